The Labute approximate surface area is 98.7 Å². The van der Waals surface area contributed by atoms with E-state index in [1.807, 2.05) is 19.9 Å². The van der Waals surface area contributed by atoms with E-state index in [1.165, 1.54) is 6.07 Å². The van der Waals surface area contributed by atoms with E-state index in [-0.39, 0.29) is 5.82 Å². The van der Waals surface area contributed by atoms with Crippen molar-refractivity contribution in [1.29, 1.82) is 0 Å². The first-order chi connectivity index (χ1) is 7.56. The van der Waals surface area contributed by atoms with Crippen LogP contribution in [0.15, 0.2) is 24.3 Å². The number of nitrogens with zero attached hydrogens (tertiary/aromatic N) is 2. The Morgan fingerprint density at radius 3 is 2.62 bits per heavy atom. The molecule has 4 heteroatoms. The molecule has 0 saturated heterocycles. The van der Waals surface area contributed by atoms with Crippen LogP contribution in [0, 0.1) is 19.7 Å². The summed E-state index contributed by atoms with van der Waals surface area (Å²) in [4.78, 5) is 0. The van der Waals surface area contributed by atoms with Crippen LogP contribution in [0.4, 0.5) is 4.39 Å². The van der Waals surface area contributed by atoms with Gasteiger partial charge in [-0.3, -0.25) is 4.68 Å². The third-order valence-electron chi connectivity index (χ3n) is 2.44. The molecule has 1 aromatic heterocycles. The second kappa shape index (κ2) is 4.26. The molecule has 1 aromatic carbocycles. The molecule has 2 nitrogen and oxygen atoms in total. The lowest BCUT2D eigenvalue weighted by molar-refractivity contribution is 0.579. The SMILES string of the molecule is Cc1cc(C)n(Cc2ccc(Cl)cc2F)n1. The van der Waals surface area contributed by atoms with Crippen molar-refractivity contribution in [3.63, 3.8) is 0 Å². The Bertz CT molecular complexity index is 520. The standard InChI is InChI=1S/C12H12ClFN2/c1-8-5-9(2)16(15-8)7-10-3-4-11(13)6-12(10)14/h3-6H,7H2,1-2H3. The molecule has 0 aliphatic rings. The summed E-state index contributed by atoms with van der Waals surface area (Å²) in [5.74, 6) is -0.292. The summed E-state index contributed by atoms with van der Waals surface area (Å²) >= 11 is 5.69. The highest BCUT2D eigenvalue weighted by atomic mass is 35.5. The van der Waals surface area contributed by atoms with Gasteiger partial charge in [0.05, 0.1) is 12.2 Å². The van der Waals surface area contributed by atoms with E-state index in [2.05, 4.69) is 5.10 Å². The number of aryl methyl sites for hydroxylation is 2. The molecule has 0 bridgehead atoms. The first-order valence-electron chi connectivity index (χ1n) is 5.01. The Balaban J connectivity index is 2.30. The number of benzene rings is 1. The number of hydrogen-bond donors (Lipinski definition) is 0. The van der Waals surface area contributed by atoms with Crippen LogP contribution in [0.2, 0.25) is 5.02 Å². The van der Waals surface area contributed by atoms with E-state index in [0.29, 0.717) is 17.1 Å². The summed E-state index contributed by atoms with van der Waals surface area (Å²) in [5, 5.41) is 4.70. The third-order valence-corrected chi connectivity index (χ3v) is 2.67. The maximum absolute atomic E-state index is 13.5. The Hall–Kier alpha value is -1.35. The van der Waals surface area contributed by atoms with Gasteiger partial charge < -0.3 is 0 Å². The van der Waals surface area contributed by atoms with E-state index in [9.17, 15) is 4.39 Å². The summed E-state index contributed by atoms with van der Waals surface area (Å²) in [5.41, 5.74) is 2.55. The quantitative estimate of drug-likeness (QED) is 0.785. The molecular weight excluding hydrogens is 227 g/mol. The fourth-order valence-electron chi connectivity index (χ4n) is 1.65. The van der Waals surface area contributed by atoms with Crippen molar-refractivity contribution in [2.45, 2.75) is 20.4 Å². The van der Waals surface area contributed by atoms with Crippen LogP contribution >= 0.6 is 11.6 Å². The van der Waals surface area contributed by atoms with Crippen molar-refractivity contribution in [2.24, 2.45) is 0 Å². The second-order valence-corrected chi connectivity index (χ2v) is 4.26. The van der Waals surface area contributed by atoms with Gasteiger partial charge in [0.1, 0.15) is 5.82 Å². The molecule has 16 heavy (non-hydrogen) atoms. The van der Waals surface area contributed by atoms with Crippen molar-refractivity contribution in [3.05, 3.63) is 52.1 Å². The second-order valence-electron chi connectivity index (χ2n) is 3.82. The number of hydrogen-bond acceptors (Lipinski definition) is 1. The van der Waals surface area contributed by atoms with Gasteiger partial charge in [0.2, 0.25) is 0 Å². The molecule has 0 amide bonds. The molecule has 0 spiro atoms. The minimum atomic E-state index is -0.292. The van der Waals surface area contributed by atoms with Crippen LogP contribution in [0.3, 0.4) is 0 Å². The average Bonchev–Trinajstić information content (AvgIpc) is 2.50. The molecule has 0 saturated carbocycles. The predicted molar refractivity (Wildman–Crippen MR) is 62.2 cm³/mol. The summed E-state index contributed by atoms with van der Waals surface area (Å²) in [6, 6.07) is 6.66. The maximum Gasteiger partial charge on any atom is 0.129 e. The summed E-state index contributed by atoms with van der Waals surface area (Å²) in [6.45, 7) is 4.30. The zero-order chi connectivity index (χ0) is 11.7. The Kier molecular flexibility index (Phi) is 2.97. The lowest BCUT2D eigenvalue weighted by Crippen LogP contribution is -2.05. The zero-order valence-electron chi connectivity index (χ0n) is 9.17. The Morgan fingerprint density at radius 1 is 1.31 bits per heavy atom. The Morgan fingerprint density at radius 2 is 2.06 bits per heavy atom. The van der Waals surface area contributed by atoms with Crippen LogP contribution in [0.5, 0.6) is 0 Å². The van der Waals surface area contributed by atoms with E-state index >= 15 is 0 Å². The lowest BCUT2D eigenvalue weighted by Gasteiger charge is -2.06. The van der Waals surface area contributed by atoms with Crippen LogP contribution in [-0.2, 0) is 6.54 Å². The number of halogens is 2. The summed E-state index contributed by atoms with van der Waals surface area (Å²) < 4.78 is 15.3. The molecule has 0 fully saturated rings. The third kappa shape index (κ3) is 2.25. The average molecular weight is 239 g/mol. The van der Waals surface area contributed by atoms with Crippen molar-refractivity contribution < 1.29 is 4.39 Å². The van der Waals surface area contributed by atoms with E-state index in [4.69, 9.17) is 11.6 Å². The van der Waals surface area contributed by atoms with Gasteiger partial charge in [-0.1, -0.05) is 17.7 Å². The molecule has 0 unspecified atom stereocenters. The van der Waals surface area contributed by atoms with Crippen molar-refractivity contribution >= 4 is 11.6 Å². The lowest BCUT2D eigenvalue weighted by atomic mass is 10.2. The predicted octanol–water partition coefficient (Wildman–Crippen LogP) is 3.34. The van der Waals surface area contributed by atoms with Gasteiger partial charge in [0.25, 0.3) is 0 Å². The topological polar surface area (TPSA) is 17.8 Å². The van der Waals surface area contributed by atoms with Gasteiger partial charge in [-0.15, -0.1) is 0 Å². The fraction of sp³-hybridized carbons (Fsp3) is 0.250. The molecule has 0 radical (unpaired) electrons. The molecule has 2 rings (SSSR count). The van der Waals surface area contributed by atoms with Crippen LogP contribution in [0.1, 0.15) is 17.0 Å². The fourth-order valence-corrected chi connectivity index (χ4v) is 1.81. The van der Waals surface area contributed by atoms with Gasteiger partial charge in [0.15, 0.2) is 0 Å². The van der Waals surface area contributed by atoms with Crippen LogP contribution < -0.4 is 0 Å². The highest BCUT2D eigenvalue weighted by Gasteiger charge is 2.06. The molecule has 0 atom stereocenters. The maximum atomic E-state index is 13.5. The minimum Gasteiger partial charge on any atom is -0.265 e. The first kappa shape index (κ1) is 11.1. The van der Waals surface area contributed by atoms with Gasteiger partial charge in [-0.25, -0.2) is 4.39 Å². The zero-order valence-corrected chi connectivity index (χ0v) is 9.92. The molecule has 0 aliphatic carbocycles. The monoisotopic (exact) mass is 238 g/mol. The van der Waals surface area contributed by atoms with Crippen molar-refractivity contribution in [2.75, 3.05) is 0 Å². The van der Waals surface area contributed by atoms with Gasteiger partial charge >= 0.3 is 0 Å². The highest BCUT2D eigenvalue weighted by molar-refractivity contribution is 6.30. The van der Waals surface area contributed by atoms with Crippen molar-refractivity contribution in [1.82, 2.24) is 9.78 Å². The number of rotatable bonds is 2. The van der Waals surface area contributed by atoms with Gasteiger partial charge in [0, 0.05) is 16.3 Å². The van der Waals surface area contributed by atoms with Crippen molar-refractivity contribution in [3.8, 4) is 0 Å². The minimum absolute atomic E-state index is 0.292. The highest BCUT2D eigenvalue weighted by Crippen LogP contribution is 2.16. The van der Waals surface area contributed by atoms with Crippen LogP contribution in [0.25, 0.3) is 0 Å². The van der Waals surface area contributed by atoms with E-state index in [1.54, 1.807) is 16.8 Å². The molecule has 84 valence electrons. The van der Waals surface area contributed by atoms with Gasteiger partial charge in [-0.2, -0.15) is 5.10 Å². The summed E-state index contributed by atoms with van der Waals surface area (Å²) in [7, 11) is 0. The van der Waals surface area contributed by atoms with Crippen LogP contribution in [-0.4, -0.2) is 9.78 Å². The van der Waals surface area contributed by atoms with E-state index < -0.39 is 0 Å². The molecule has 0 N–H and O–H groups in total. The molecule has 0 aliphatic heterocycles. The normalized spacial score (nSPS) is 10.8. The number of aromatic nitrogens is 2. The van der Waals surface area contributed by atoms with Gasteiger partial charge in [-0.05, 0) is 32.0 Å². The smallest absolute Gasteiger partial charge is 0.129 e. The first-order valence-corrected chi connectivity index (χ1v) is 5.39. The summed E-state index contributed by atoms with van der Waals surface area (Å²) in [6.07, 6.45) is 0. The van der Waals surface area contributed by atoms with E-state index in [0.717, 1.165) is 11.4 Å². The molecular formula is C12H12ClFN2. The molecule has 1 heterocycles. The largest absolute Gasteiger partial charge is 0.265 e. The molecule has 2 aromatic rings.